The lowest BCUT2D eigenvalue weighted by Crippen LogP contribution is -2.13. The van der Waals surface area contributed by atoms with Crippen molar-refractivity contribution in [2.45, 2.75) is 33.1 Å². The van der Waals surface area contributed by atoms with Crippen LogP contribution in [0.5, 0.6) is 0 Å². The Bertz CT molecular complexity index is 635. The maximum absolute atomic E-state index is 12.0. The molecule has 0 unspecified atom stereocenters. The predicted molar refractivity (Wildman–Crippen MR) is 82.7 cm³/mol. The maximum atomic E-state index is 12.0. The minimum Gasteiger partial charge on any atom is -0.301 e. The molecule has 6 heteroatoms. The van der Waals surface area contributed by atoms with Crippen molar-refractivity contribution in [3.05, 3.63) is 40.4 Å². The van der Waals surface area contributed by atoms with Crippen LogP contribution >= 0.6 is 11.3 Å². The zero-order valence-corrected chi connectivity index (χ0v) is 12.9. The number of benzene rings is 1. The number of aryl methyl sites for hydroxylation is 2. The number of rotatable bonds is 6. The number of anilines is 1. The number of ketones is 1. The maximum Gasteiger partial charge on any atom is 0.226 e. The summed E-state index contributed by atoms with van der Waals surface area (Å²) in [5.41, 5.74) is 1.74. The summed E-state index contributed by atoms with van der Waals surface area (Å²) in [7, 11) is 0. The molecule has 2 aromatic rings. The second-order valence-electron chi connectivity index (χ2n) is 4.69. The van der Waals surface area contributed by atoms with E-state index in [9.17, 15) is 9.59 Å². The normalized spacial score (nSPS) is 10.4. The topological polar surface area (TPSA) is 72.0 Å². The van der Waals surface area contributed by atoms with Crippen LogP contribution in [-0.2, 0) is 11.2 Å². The molecule has 1 heterocycles. The van der Waals surface area contributed by atoms with Gasteiger partial charge in [-0.05, 0) is 13.3 Å². The van der Waals surface area contributed by atoms with Crippen LogP contribution in [0.1, 0.15) is 40.7 Å². The van der Waals surface area contributed by atoms with Crippen LogP contribution < -0.4 is 5.32 Å². The summed E-state index contributed by atoms with van der Waals surface area (Å²) < 4.78 is 0. The molecule has 110 valence electrons. The van der Waals surface area contributed by atoms with Gasteiger partial charge in [0.25, 0.3) is 0 Å². The highest BCUT2D eigenvalue weighted by Crippen LogP contribution is 2.16. The number of Topliss-reactive ketones (excluding diaryl/α,β-unsaturated/α-hetero) is 1. The third-order valence-corrected chi connectivity index (χ3v) is 3.95. The number of carbonyl (C=O) groups is 2. The van der Waals surface area contributed by atoms with Gasteiger partial charge in [0, 0.05) is 18.4 Å². The van der Waals surface area contributed by atoms with Gasteiger partial charge in [-0.2, -0.15) is 0 Å². The summed E-state index contributed by atoms with van der Waals surface area (Å²) in [5.74, 6) is -0.245. The first-order chi connectivity index (χ1) is 10.1. The van der Waals surface area contributed by atoms with Gasteiger partial charge < -0.3 is 5.32 Å². The number of nitrogens with one attached hydrogen (secondary N) is 1. The van der Waals surface area contributed by atoms with Crippen molar-refractivity contribution in [2.75, 3.05) is 5.32 Å². The van der Waals surface area contributed by atoms with Crippen molar-refractivity contribution in [3.63, 3.8) is 0 Å². The SMILES string of the molecule is CCc1nnc(NC(=O)CCC(=O)c2ccc(C)cc2)s1. The molecule has 0 aliphatic heterocycles. The molecule has 1 aromatic heterocycles. The Labute approximate surface area is 127 Å². The molecule has 1 aromatic carbocycles. The van der Waals surface area contributed by atoms with E-state index < -0.39 is 0 Å². The van der Waals surface area contributed by atoms with Gasteiger partial charge in [-0.1, -0.05) is 48.1 Å². The van der Waals surface area contributed by atoms with E-state index in [4.69, 9.17) is 0 Å². The van der Waals surface area contributed by atoms with Crippen LogP contribution in [0.4, 0.5) is 5.13 Å². The average molecular weight is 303 g/mol. The van der Waals surface area contributed by atoms with E-state index in [1.165, 1.54) is 11.3 Å². The molecule has 0 saturated carbocycles. The van der Waals surface area contributed by atoms with E-state index in [0.29, 0.717) is 10.7 Å². The van der Waals surface area contributed by atoms with E-state index in [-0.39, 0.29) is 24.5 Å². The number of nitrogens with zero attached hydrogens (tertiary/aromatic N) is 2. The molecule has 0 aliphatic carbocycles. The first kappa shape index (κ1) is 15.3. The van der Waals surface area contributed by atoms with Gasteiger partial charge in [0.2, 0.25) is 11.0 Å². The Kier molecular flexibility index (Phi) is 5.16. The molecule has 5 nitrogen and oxygen atoms in total. The van der Waals surface area contributed by atoms with Crippen LogP contribution in [0, 0.1) is 6.92 Å². The lowest BCUT2D eigenvalue weighted by Gasteiger charge is -2.02. The van der Waals surface area contributed by atoms with Crippen LogP contribution in [0.25, 0.3) is 0 Å². The molecule has 0 bridgehead atoms. The van der Waals surface area contributed by atoms with E-state index in [1.54, 1.807) is 12.1 Å². The zero-order chi connectivity index (χ0) is 15.2. The Morgan fingerprint density at radius 2 is 1.86 bits per heavy atom. The van der Waals surface area contributed by atoms with Crippen LogP contribution in [0.2, 0.25) is 0 Å². The molecular formula is C15H17N3O2S. The Hall–Kier alpha value is -2.08. The van der Waals surface area contributed by atoms with Gasteiger partial charge in [-0.3, -0.25) is 9.59 Å². The minimum atomic E-state index is -0.214. The highest BCUT2D eigenvalue weighted by atomic mass is 32.1. The van der Waals surface area contributed by atoms with E-state index in [2.05, 4.69) is 15.5 Å². The first-order valence-electron chi connectivity index (χ1n) is 6.80. The van der Waals surface area contributed by atoms with Gasteiger partial charge in [0.1, 0.15) is 5.01 Å². The van der Waals surface area contributed by atoms with E-state index in [0.717, 1.165) is 17.0 Å². The summed E-state index contributed by atoms with van der Waals surface area (Å²) in [4.78, 5) is 23.7. The molecule has 0 radical (unpaired) electrons. The van der Waals surface area contributed by atoms with Crippen LogP contribution in [-0.4, -0.2) is 21.9 Å². The molecular weight excluding hydrogens is 286 g/mol. The number of hydrogen-bond donors (Lipinski definition) is 1. The third kappa shape index (κ3) is 4.46. The molecule has 0 saturated heterocycles. The van der Waals surface area contributed by atoms with Crippen molar-refractivity contribution in [1.29, 1.82) is 0 Å². The average Bonchev–Trinajstić information content (AvgIpc) is 2.93. The molecule has 0 aliphatic rings. The lowest BCUT2D eigenvalue weighted by atomic mass is 10.1. The molecule has 1 amide bonds. The summed E-state index contributed by atoms with van der Waals surface area (Å²) in [6.45, 7) is 3.95. The number of amides is 1. The summed E-state index contributed by atoms with van der Waals surface area (Å²) in [5, 5.41) is 11.8. The highest BCUT2D eigenvalue weighted by molar-refractivity contribution is 7.15. The predicted octanol–water partition coefficient (Wildman–Crippen LogP) is 3.01. The Morgan fingerprint density at radius 3 is 2.48 bits per heavy atom. The fourth-order valence-electron chi connectivity index (χ4n) is 1.74. The summed E-state index contributed by atoms with van der Waals surface area (Å²) >= 11 is 1.35. The molecule has 0 fully saturated rings. The quantitative estimate of drug-likeness (QED) is 0.833. The number of hydrogen-bond acceptors (Lipinski definition) is 5. The van der Waals surface area contributed by atoms with Crippen LogP contribution in [0.3, 0.4) is 0 Å². The van der Waals surface area contributed by atoms with Gasteiger partial charge in [0.15, 0.2) is 5.78 Å². The van der Waals surface area contributed by atoms with Gasteiger partial charge in [0.05, 0.1) is 0 Å². The lowest BCUT2D eigenvalue weighted by molar-refractivity contribution is -0.116. The van der Waals surface area contributed by atoms with Crippen molar-refractivity contribution in [2.24, 2.45) is 0 Å². The van der Waals surface area contributed by atoms with Crippen molar-refractivity contribution in [1.82, 2.24) is 10.2 Å². The van der Waals surface area contributed by atoms with E-state index in [1.807, 2.05) is 26.0 Å². The Morgan fingerprint density at radius 1 is 1.14 bits per heavy atom. The van der Waals surface area contributed by atoms with Gasteiger partial charge in [-0.25, -0.2) is 0 Å². The largest absolute Gasteiger partial charge is 0.301 e. The minimum absolute atomic E-state index is 0.0309. The third-order valence-electron chi connectivity index (χ3n) is 2.97. The number of aromatic nitrogens is 2. The second-order valence-corrected chi connectivity index (χ2v) is 5.75. The monoisotopic (exact) mass is 303 g/mol. The Balaban J connectivity index is 1.83. The zero-order valence-electron chi connectivity index (χ0n) is 12.0. The van der Waals surface area contributed by atoms with E-state index >= 15 is 0 Å². The van der Waals surface area contributed by atoms with Crippen molar-refractivity contribution in [3.8, 4) is 0 Å². The molecule has 1 N–H and O–H groups in total. The molecule has 0 atom stereocenters. The standard InChI is InChI=1S/C15H17N3O2S/c1-3-14-17-18-15(21-14)16-13(20)9-8-12(19)11-6-4-10(2)5-7-11/h4-7H,3,8-9H2,1-2H3,(H,16,18,20). The molecule has 0 spiro atoms. The van der Waals surface area contributed by atoms with Gasteiger partial charge in [-0.15, -0.1) is 10.2 Å². The fourth-order valence-corrected chi connectivity index (χ4v) is 2.44. The van der Waals surface area contributed by atoms with Gasteiger partial charge >= 0.3 is 0 Å². The van der Waals surface area contributed by atoms with Crippen molar-refractivity contribution < 1.29 is 9.59 Å². The second kappa shape index (κ2) is 7.08. The highest BCUT2D eigenvalue weighted by Gasteiger charge is 2.11. The summed E-state index contributed by atoms with van der Waals surface area (Å²) in [6, 6.07) is 7.35. The van der Waals surface area contributed by atoms with Crippen molar-refractivity contribution >= 4 is 28.2 Å². The number of carbonyl (C=O) groups excluding carboxylic acids is 2. The smallest absolute Gasteiger partial charge is 0.226 e. The van der Waals surface area contributed by atoms with Crippen LogP contribution in [0.15, 0.2) is 24.3 Å². The summed E-state index contributed by atoms with van der Waals surface area (Å²) in [6.07, 6.45) is 1.13. The first-order valence-corrected chi connectivity index (χ1v) is 7.62. The molecule has 2 rings (SSSR count). The molecule has 21 heavy (non-hydrogen) atoms. The fraction of sp³-hybridized carbons (Fsp3) is 0.333.